The molecule has 0 saturated heterocycles. The van der Waals surface area contributed by atoms with Crippen molar-refractivity contribution in [1.82, 2.24) is 0 Å². The van der Waals surface area contributed by atoms with Crippen molar-refractivity contribution in [3.63, 3.8) is 0 Å². The predicted molar refractivity (Wildman–Crippen MR) is 98.6 cm³/mol. The van der Waals surface area contributed by atoms with E-state index in [0.29, 0.717) is 0 Å². The van der Waals surface area contributed by atoms with Gasteiger partial charge in [-0.25, -0.2) is 8.42 Å². The molecule has 23 heteroatoms. The molecule has 0 saturated carbocycles. The second kappa shape index (κ2) is 12.9. The maximum absolute atomic E-state index is 13.0. The summed E-state index contributed by atoms with van der Waals surface area (Å²) >= 11 is 0. The molecule has 0 aromatic rings. The standard InChI is InChI=1S/C8HF17O3S.C8H20N.K/c9-1(10,3(13,14)5(17,18)7(21,22)23)2(11,12)4(15,16)6(19,20)8(24,25)29(26,27)28;1-5-9(6-2,7-3)8-4;/h(H,26,27,28);5-8H2,1-4H3;/q;+1;/p-1. The van der Waals surface area contributed by atoms with Crippen LogP contribution in [-0.2, 0) is 10.1 Å². The molecule has 0 rings (SSSR count). The Morgan fingerprint density at radius 2 is 0.692 bits per heavy atom. The minimum Gasteiger partial charge on any atom is -0.743 e. The number of rotatable bonds is 11. The molecular formula is C16H20F17KNO3S. The van der Waals surface area contributed by atoms with E-state index in [-0.39, 0.29) is 51.4 Å². The Bertz CT molecular complexity index is 885. The van der Waals surface area contributed by atoms with Crippen LogP contribution < -0.4 is 0 Å². The summed E-state index contributed by atoms with van der Waals surface area (Å²) in [5.41, 5.74) is 0. The molecule has 0 atom stereocenters. The fraction of sp³-hybridized carbons (Fsp3) is 1.00. The maximum atomic E-state index is 13.0. The summed E-state index contributed by atoms with van der Waals surface area (Å²) in [5, 5.41) is -7.95. The normalized spacial score (nSPS) is 15.3. The zero-order chi connectivity index (χ0) is 31.8. The second-order valence-electron chi connectivity index (χ2n) is 7.52. The molecule has 0 aliphatic heterocycles. The number of hydrogen-bond acceptors (Lipinski definition) is 3. The molecule has 0 heterocycles. The van der Waals surface area contributed by atoms with Gasteiger partial charge < -0.3 is 9.04 Å². The van der Waals surface area contributed by atoms with Gasteiger partial charge in [0, 0.05) is 51.4 Å². The quantitative estimate of drug-likeness (QED) is 0.118. The SMILES string of the molecule is CC[N+](CC)(CC)CC.O=S(=O)([O-])C(F)(F)C(F)(F)C(F)(F)C(F)(F)C(F)(F)C(F)(F)C(F)(F)C(F)(F)F.[K]. The van der Waals surface area contributed by atoms with Gasteiger partial charge in [-0.15, -0.1) is 0 Å². The molecule has 0 aromatic heterocycles. The van der Waals surface area contributed by atoms with Crippen molar-refractivity contribution < 1.29 is 92.1 Å². The van der Waals surface area contributed by atoms with Crippen molar-refractivity contribution in [2.75, 3.05) is 26.2 Å². The van der Waals surface area contributed by atoms with Gasteiger partial charge in [-0.2, -0.15) is 74.6 Å². The van der Waals surface area contributed by atoms with Gasteiger partial charge in [0.15, 0.2) is 10.1 Å². The van der Waals surface area contributed by atoms with Crippen LogP contribution in [0.1, 0.15) is 27.7 Å². The molecule has 1 radical (unpaired) electrons. The van der Waals surface area contributed by atoms with Gasteiger partial charge in [0.05, 0.1) is 26.2 Å². The molecular weight excluding hydrogens is 648 g/mol. The van der Waals surface area contributed by atoms with Crippen LogP contribution in [0.4, 0.5) is 74.6 Å². The van der Waals surface area contributed by atoms with Crippen LogP contribution in [-0.4, -0.2) is 142 Å². The van der Waals surface area contributed by atoms with Crippen LogP contribution in [0.5, 0.6) is 0 Å². The first kappa shape index (κ1) is 43.8. The monoisotopic (exact) mass is 668 g/mol. The zero-order valence-corrected chi connectivity index (χ0v) is 24.3. The van der Waals surface area contributed by atoms with E-state index >= 15 is 0 Å². The van der Waals surface area contributed by atoms with Gasteiger partial charge in [0.2, 0.25) is 0 Å². The Hall–Kier alpha value is 0.316. The van der Waals surface area contributed by atoms with E-state index in [1.165, 1.54) is 30.7 Å². The maximum Gasteiger partial charge on any atom is 0.460 e. The van der Waals surface area contributed by atoms with Gasteiger partial charge in [0.1, 0.15) is 0 Å². The molecule has 0 aliphatic rings. The summed E-state index contributed by atoms with van der Waals surface area (Å²) < 4.78 is 245. The Balaban J connectivity index is -0.00000110. The first-order valence-corrected chi connectivity index (χ1v) is 11.2. The molecule has 39 heavy (non-hydrogen) atoms. The van der Waals surface area contributed by atoms with E-state index in [1.54, 1.807) is 0 Å². The number of alkyl halides is 17. The molecule has 0 fully saturated rings. The summed E-state index contributed by atoms with van der Waals surface area (Å²) in [6.45, 7) is 14.2. The van der Waals surface area contributed by atoms with Gasteiger partial charge in [0.25, 0.3) is 0 Å². The number of quaternary nitrogens is 1. The van der Waals surface area contributed by atoms with E-state index < -0.39 is 57.1 Å². The van der Waals surface area contributed by atoms with E-state index in [1.807, 2.05) is 0 Å². The van der Waals surface area contributed by atoms with Crippen molar-refractivity contribution in [3.8, 4) is 0 Å². The van der Waals surface area contributed by atoms with E-state index in [0.717, 1.165) is 0 Å². The first-order valence-electron chi connectivity index (χ1n) is 9.76. The third-order valence-electron chi connectivity index (χ3n) is 5.69. The average Bonchev–Trinajstić information content (AvgIpc) is 2.73. The molecule has 0 spiro atoms. The summed E-state index contributed by atoms with van der Waals surface area (Å²) in [4.78, 5) is 0. The number of hydrogen-bond donors (Lipinski definition) is 0. The number of nitrogens with zero attached hydrogens (tertiary/aromatic N) is 1. The topological polar surface area (TPSA) is 57.2 Å². The van der Waals surface area contributed by atoms with Crippen molar-refractivity contribution in [2.24, 2.45) is 0 Å². The van der Waals surface area contributed by atoms with Crippen molar-refractivity contribution in [1.29, 1.82) is 0 Å². The predicted octanol–water partition coefficient (Wildman–Crippen LogP) is 6.00. The molecule has 0 aromatic carbocycles. The Labute approximate surface area is 253 Å². The van der Waals surface area contributed by atoms with Crippen LogP contribution in [0.3, 0.4) is 0 Å². The minimum atomic E-state index is -8.92. The van der Waals surface area contributed by atoms with Crippen molar-refractivity contribution >= 4 is 61.5 Å². The van der Waals surface area contributed by atoms with Gasteiger partial charge in [-0.1, -0.05) is 0 Å². The van der Waals surface area contributed by atoms with Gasteiger partial charge >= 0.3 is 47.0 Å². The fourth-order valence-corrected chi connectivity index (χ4v) is 3.09. The third-order valence-corrected chi connectivity index (χ3v) is 6.57. The summed E-state index contributed by atoms with van der Waals surface area (Å²) in [5.74, 6) is -52.1. The Morgan fingerprint density at radius 3 is 0.846 bits per heavy atom. The summed E-state index contributed by atoms with van der Waals surface area (Å²) in [6, 6.07) is 0. The van der Waals surface area contributed by atoms with E-state index in [9.17, 15) is 87.6 Å². The van der Waals surface area contributed by atoms with E-state index in [2.05, 4.69) is 27.7 Å². The van der Waals surface area contributed by atoms with Crippen LogP contribution in [0.25, 0.3) is 0 Å². The average molecular weight is 668 g/mol. The van der Waals surface area contributed by atoms with Crippen LogP contribution >= 0.6 is 0 Å². The molecule has 0 bridgehead atoms. The fourth-order valence-electron chi connectivity index (χ4n) is 2.65. The van der Waals surface area contributed by atoms with Gasteiger partial charge in [-0.3, -0.25) is 0 Å². The summed E-state index contributed by atoms with van der Waals surface area (Å²) in [6.07, 6.45) is -7.89. The second-order valence-corrected chi connectivity index (χ2v) is 8.94. The smallest absolute Gasteiger partial charge is 0.460 e. The Morgan fingerprint density at radius 1 is 0.487 bits per heavy atom. The van der Waals surface area contributed by atoms with Crippen LogP contribution in [0.15, 0.2) is 0 Å². The van der Waals surface area contributed by atoms with Crippen molar-refractivity contribution in [3.05, 3.63) is 0 Å². The van der Waals surface area contributed by atoms with Crippen LogP contribution in [0, 0.1) is 0 Å². The summed E-state index contributed by atoms with van der Waals surface area (Å²) in [7, 11) is -8.14. The molecule has 0 N–H and O–H groups in total. The first-order chi connectivity index (χ1) is 16.2. The van der Waals surface area contributed by atoms with Crippen LogP contribution in [0.2, 0.25) is 0 Å². The molecule has 233 valence electrons. The largest absolute Gasteiger partial charge is 0.743 e. The molecule has 4 nitrogen and oxygen atoms in total. The molecule has 0 amide bonds. The zero-order valence-electron chi connectivity index (χ0n) is 20.3. The minimum absolute atomic E-state index is 0. The van der Waals surface area contributed by atoms with E-state index in [4.69, 9.17) is 0 Å². The van der Waals surface area contributed by atoms with Gasteiger partial charge in [-0.05, 0) is 27.7 Å². The Kier molecular flexibility index (Phi) is 14.5. The molecule has 0 unspecified atom stereocenters. The molecule has 0 aliphatic carbocycles. The third kappa shape index (κ3) is 7.11. The van der Waals surface area contributed by atoms with Crippen molar-refractivity contribution in [2.45, 2.75) is 74.7 Å². The number of halogens is 17.